The Hall–Kier alpha value is -2.37. The summed E-state index contributed by atoms with van der Waals surface area (Å²) >= 11 is 0. The first kappa shape index (κ1) is 15.0. The molecule has 2 atom stereocenters. The van der Waals surface area contributed by atoms with Crippen LogP contribution in [0.2, 0.25) is 0 Å². The Labute approximate surface area is 123 Å². The molecule has 0 bridgehead atoms. The Balaban J connectivity index is 2.08. The van der Waals surface area contributed by atoms with Gasteiger partial charge < -0.3 is 9.64 Å². The first-order valence-electron chi connectivity index (χ1n) is 6.76. The molecule has 2 rings (SSSR count). The molecule has 21 heavy (non-hydrogen) atoms. The van der Waals surface area contributed by atoms with Gasteiger partial charge in [0.15, 0.2) is 6.10 Å². The zero-order chi connectivity index (χ0) is 15.6. The van der Waals surface area contributed by atoms with E-state index in [9.17, 15) is 14.4 Å². The monoisotopic (exact) mass is 290 g/mol. The van der Waals surface area contributed by atoms with Crippen LogP contribution >= 0.6 is 0 Å². The minimum atomic E-state index is -0.770. The van der Waals surface area contributed by atoms with E-state index in [1.54, 1.807) is 19.9 Å². The van der Waals surface area contributed by atoms with Gasteiger partial charge >= 0.3 is 0 Å². The van der Waals surface area contributed by atoms with Gasteiger partial charge in [-0.2, -0.15) is 0 Å². The van der Waals surface area contributed by atoms with Crippen LogP contribution in [-0.2, 0) is 14.4 Å². The molecule has 6 heteroatoms. The fourth-order valence-electron chi connectivity index (χ4n) is 2.16. The molecule has 6 nitrogen and oxygen atoms in total. The van der Waals surface area contributed by atoms with Crippen molar-refractivity contribution in [1.82, 2.24) is 10.2 Å². The fraction of sp³-hybridized carbons (Fsp3) is 0.400. The fourth-order valence-corrected chi connectivity index (χ4v) is 2.16. The maximum absolute atomic E-state index is 12.4. The second kappa shape index (κ2) is 5.95. The number of nitrogens with zero attached hydrogens (tertiary/aromatic N) is 1. The van der Waals surface area contributed by atoms with E-state index in [0.717, 1.165) is 5.56 Å². The summed E-state index contributed by atoms with van der Waals surface area (Å²) in [5, 5.41) is 2.20. The van der Waals surface area contributed by atoms with Crippen LogP contribution in [-0.4, -0.2) is 41.3 Å². The van der Waals surface area contributed by atoms with Crippen molar-refractivity contribution in [1.29, 1.82) is 0 Å². The normalized spacial score (nSPS) is 20.0. The number of carbonyl (C=O) groups excluding carboxylic acids is 3. The number of benzene rings is 1. The number of rotatable bonds is 3. The zero-order valence-corrected chi connectivity index (χ0v) is 12.3. The number of ether oxygens (including phenoxy) is 1. The van der Waals surface area contributed by atoms with Gasteiger partial charge in [0.05, 0.1) is 0 Å². The summed E-state index contributed by atoms with van der Waals surface area (Å²) in [6, 6.07) is 6.66. The van der Waals surface area contributed by atoms with Crippen LogP contribution in [0.5, 0.6) is 5.75 Å². The van der Waals surface area contributed by atoms with Crippen LogP contribution in [0, 0.1) is 6.92 Å². The molecule has 1 aliphatic rings. The molecule has 1 fully saturated rings. The van der Waals surface area contributed by atoms with Crippen LogP contribution in [0.25, 0.3) is 0 Å². The molecule has 0 aromatic heterocycles. The summed E-state index contributed by atoms with van der Waals surface area (Å²) in [6.07, 6.45) is -0.770. The largest absolute Gasteiger partial charge is 0.481 e. The lowest BCUT2D eigenvalue weighted by molar-refractivity contribution is -0.152. The third kappa shape index (κ3) is 3.39. The summed E-state index contributed by atoms with van der Waals surface area (Å²) in [4.78, 5) is 36.6. The Bertz CT molecular complexity index is 585. The molecule has 0 spiro atoms. The van der Waals surface area contributed by atoms with Crippen molar-refractivity contribution in [3.05, 3.63) is 29.8 Å². The van der Waals surface area contributed by atoms with Gasteiger partial charge in [-0.05, 0) is 38.5 Å². The standard InChI is InChI=1S/C15H18N2O4/c1-9-5-4-6-12(7-9)21-11(3)15(20)17-8-13(18)16-14(19)10(17)2/h4-7,10-11H,8H2,1-3H3,(H,16,18,19). The maximum atomic E-state index is 12.4. The zero-order valence-electron chi connectivity index (χ0n) is 12.3. The molecule has 0 radical (unpaired) electrons. The Morgan fingerprint density at radius 2 is 2.14 bits per heavy atom. The number of aryl methyl sites for hydroxylation is 1. The van der Waals surface area contributed by atoms with Gasteiger partial charge in [-0.25, -0.2) is 0 Å². The Morgan fingerprint density at radius 1 is 1.43 bits per heavy atom. The highest BCUT2D eigenvalue weighted by atomic mass is 16.5. The molecule has 2 unspecified atom stereocenters. The van der Waals surface area contributed by atoms with Crippen molar-refractivity contribution in [3.63, 3.8) is 0 Å². The molecule has 1 saturated heterocycles. The summed E-state index contributed by atoms with van der Waals surface area (Å²) in [5.74, 6) is -0.750. The topological polar surface area (TPSA) is 75.7 Å². The van der Waals surface area contributed by atoms with Gasteiger partial charge in [0.25, 0.3) is 5.91 Å². The number of hydrogen-bond donors (Lipinski definition) is 1. The lowest BCUT2D eigenvalue weighted by Crippen LogP contribution is -2.60. The number of hydrogen-bond acceptors (Lipinski definition) is 4. The molecular formula is C15H18N2O4. The van der Waals surface area contributed by atoms with E-state index in [1.165, 1.54) is 4.90 Å². The Morgan fingerprint density at radius 3 is 2.81 bits per heavy atom. The van der Waals surface area contributed by atoms with E-state index in [2.05, 4.69) is 5.32 Å². The predicted octanol–water partition coefficient (Wildman–Crippen LogP) is 0.636. The molecule has 1 heterocycles. The third-order valence-electron chi connectivity index (χ3n) is 3.36. The van der Waals surface area contributed by atoms with Crippen molar-refractivity contribution in [2.45, 2.75) is 32.9 Å². The molecule has 1 aromatic carbocycles. The second-order valence-electron chi connectivity index (χ2n) is 5.13. The van der Waals surface area contributed by atoms with Gasteiger partial charge in [-0.1, -0.05) is 12.1 Å². The van der Waals surface area contributed by atoms with Gasteiger partial charge in [0.2, 0.25) is 11.8 Å². The predicted molar refractivity (Wildman–Crippen MR) is 75.6 cm³/mol. The second-order valence-corrected chi connectivity index (χ2v) is 5.13. The number of imide groups is 1. The summed E-state index contributed by atoms with van der Waals surface area (Å²) < 4.78 is 5.59. The van der Waals surface area contributed by atoms with Crippen LogP contribution < -0.4 is 10.1 Å². The molecule has 1 aromatic rings. The lowest BCUT2D eigenvalue weighted by atomic mass is 10.1. The number of amides is 3. The van der Waals surface area contributed by atoms with E-state index >= 15 is 0 Å². The third-order valence-corrected chi connectivity index (χ3v) is 3.36. The molecule has 1 aliphatic heterocycles. The van der Waals surface area contributed by atoms with Crippen LogP contribution in [0.3, 0.4) is 0 Å². The highest BCUT2D eigenvalue weighted by molar-refractivity contribution is 6.04. The smallest absolute Gasteiger partial charge is 0.264 e. The molecule has 3 amide bonds. The van der Waals surface area contributed by atoms with Gasteiger partial charge in [-0.3, -0.25) is 19.7 Å². The molecular weight excluding hydrogens is 272 g/mol. The quantitative estimate of drug-likeness (QED) is 0.829. The van der Waals surface area contributed by atoms with Gasteiger partial charge in [-0.15, -0.1) is 0 Å². The Kier molecular flexibility index (Phi) is 4.26. The maximum Gasteiger partial charge on any atom is 0.264 e. The van der Waals surface area contributed by atoms with E-state index in [0.29, 0.717) is 5.75 Å². The number of piperazine rings is 1. The van der Waals surface area contributed by atoms with Crippen molar-refractivity contribution in [2.75, 3.05) is 6.54 Å². The SMILES string of the molecule is Cc1cccc(OC(C)C(=O)N2CC(=O)NC(=O)C2C)c1. The summed E-state index contributed by atoms with van der Waals surface area (Å²) in [7, 11) is 0. The minimum absolute atomic E-state index is 0.132. The van der Waals surface area contributed by atoms with Crippen molar-refractivity contribution >= 4 is 17.7 Å². The van der Waals surface area contributed by atoms with Crippen molar-refractivity contribution < 1.29 is 19.1 Å². The molecule has 1 N–H and O–H groups in total. The van der Waals surface area contributed by atoms with Crippen LogP contribution in [0.15, 0.2) is 24.3 Å². The first-order valence-corrected chi connectivity index (χ1v) is 6.76. The number of nitrogens with one attached hydrogen (secondary N) is 1. The average Bonchev–Trinajstić information content (AvgIpc) is 2.42. The van der Waals surface area contributed by atoms with E-state index in [1.807, 2.05) is 25.1 Å². The highest BCUT2D eigenvalue weighted by Gasteiger charge is 2.36. The average molecular weight is 290 g/mol. The first-order chi connectivity index (χ1) is 9.88. The van der Waals surface area contributed by atoms with Crippen molar-refractivity contribution in [2.24, 2.45) is 0 Å². The lowest BCUT2D eigenvalue weighted by Gasteiger charge is -2.33. The molecule has 0 aliphatic carbocycles. The highest BCUT2D eigenvalue weighted by Crippen LogP contribution is 2.16. The van der Waals surface area contributed by atoms with Crippen molar-refractivity contribution in [3.8, 4) is 5.75 Å². The van der Waals surface area contributed by atoms with E-state index in [4.69, 9.17) is 4.74 Å². The number of carbonyl (C=O) groups is 3. The summed E-state index contributed by atoms with van der Waals surface area (Å²) in [6.45, 7) is 4.98. The summed E-state index contributed by atoms with van der Waals surface area (Å²) in [5.41, 5.74) is 1.02. The van der Waals surface area contributed by atoms with Crippen LogP contribution in [0.4, 0.5) is 0 Å². The van der Waals surface area contributed by atoms with Gasteiger partial charge in [0.1, 0.15) is 18.3 Å². The van der Waals surface area contributed by atoms with E-state index in [-0.39, 0.29) is 12.5 Å². The van der Waals surface area contributed by atoms with E-state index < -0.39 is 24.0 Å². The van der Waals surface area contributed by atoms with Gasteiger partial charge in [0, 0.05) is 0 Å². The molecule has 112 valence electrons. The molecule has 0 saturated carbocycles. The van der Waals surface area contributed by atoms with Crippen LogP contribution in [0.1, 0.15) is 19.4 Å². The minimum Gasteiger partial charge on any atom is -0.481 e.